The summed E-state index contributed by atoms with van der Waals surface area (Å²) in [6, 6.07) is 4.09. The van der Waals surface area contributed by atoms with Crippen LogP contribution in [0.3, 0.4) is 0 Å². The van der Waals surface area contributed by atoms with Crippen molar-refractivity contribution in [1.82, 2.24) is 5.16 Å². The third-order valence-corrected chi connectivity index (χ3v) is 2.91. The molecule has 2 aromatic rings. The zero-order chi connectivity index (χ0) is 13.1. The standard InChI is InChI=1S/C12H9BrFNO3/c1-2-17-12(16)9-6-18-15-11(9)8-4-3-7(14)5-10(8)13/h3-6H,2H2,1H3. The van der Waals surface area contributed by atoms with Crippen LogP contribution in [0.1, 0.15) is 17.3 Å². The van der Waals surface area contributed by atoms with Crippen LogP contribution < -0.4 is 0 Å². The molecule has 4 nitrogen and oxygen atoms in total. The molecule has 0 radical (unpaired) electrons. The molecule has 0 saturated heterocycles. The first-order chi connectivity index (χ1) is 8.63. The van der Waals surface area contributed by atoms with Crippen molar-refractivity contribution in [2.75, 3.05) is 6.61 Å². The van der Waals surface area contributed by atoms with Gasteiger partial charge in [0.05, 0.1) is 6.61 Å². The Morgan fingerprint density at radius 2 is 2.33 bits per heavy atom. The number of halogens is 2. The molecular formula is C12H9BrFNO3. The maximum absolute atomic E-state index is 13.0. The van der Waals surface area contributed by atoms with Crippen molar-refractivity contribution < 1.29 is 18.4 Å². The fraction of sp³-hybridized carbons (Fsp3) is 0.167. The first-order valence-electron chi connectivity index (χ1n) is 5.20. The minimum atomic E-state index is -0.523. The zero-order valence-electron chi connectivity index (χ0n) is 9.44. The van der Waals surface area contributed by atoms with Gasteiger partial charge in [-0.05, 0) is 41.1 Å². The van der Waals surface area contributed by atoms with Crippen molar-refractivity contribution in [1.29, 1.82) is 0 Å². The maximum Gasteiger partial charge on any atom is 0.343 e. The normalized spacial score (nSPS) is 10.4. The number of nitrogens with zero attached hydrogens (tertiary/aromatic N) is 1. The van der Waals surface area contributed by atoms with E-state index in [9.17, 15) is 9.18 Å². The smallest absolute Gasteiger partial charge is 0.343 e. The number of ether oxygens (including phenoxy) is 1. The van der Waals surface area contributed by atoms with Gasteiger partial charge in [-0.1, -0.05) is 5.16 Å². The van der Waals surface area contributed by atoms with Gasteiger partial charge >= 0.3 is 5.97 Å². The van der Waals surface area contributed by atoms with Gasteiger partial charge in [0.15, 0.2) is 0 Å². The lowest BCUT2D eigenvalue weighted by Crippen LogP contribution is -2.05. The second-order valence-electron chi connectivity index (χ2n) is 3.42. The molecule has 0 aliphatic heterocycles. The van der Waals surface area contributed by atoms with Crippen LogP contribution >= 0.6 is 15.9 Å². The minimum Gasteiger partial charge on any atom is -0.462 e. The van der Waals surface area contributed by atoms with E-state index in [4.69, 9.17) is 9.26 Å². The second-order valence-corrected chi connectivity index (χ2v) is 4.28. The predicted octanol–water partition coefficient (Wildman–Crippen LogP) is 3.42. The Hall–Kier alpha value is -1.69. The summed E-state index contributed by atoms with van der Waals surface area (Å²) in [5.41, 5.74) is 1.10. The summed E-state index contributed by atoms with van der Waals surface area (Å²) >= 11 is 3.22. The molecular weight excluding hydrogens is 305 g/mol. The van der Waals surface area contributed by atoms with Crippen molar-refractivity contribution >= 4 is 21.9 Å². The molecule has 6 heteroatoms. The van der Waals surface area contributed by atoms with E-state index in [0.29, 0.717) is 15.7 Å². The Morgan fingerprint density at radius 3 is 3.00 bits per heavy atom. The molecule has 0 N–H and O–H groups in total. The lowest BCUT2D eigenvalue weighted by Gasteiger charge is -2.03. The van der Waals surface area contributed by atoms with Crippen LogP contribution in [0.25, 0.3) is 11.3 Å². The molecule has 1 aromatic heterocycles. The number of esters is 1. The van der Waals surface area contributed by atoms with Gasteiger partial charge < -0.3 is 9.26 Å². The Labute approximate surface area is 111 Å². The number of benzene rings is 1. The molecule has 0 aliphatic carbocycles. The lowest BCUT2D eigenvalue weighted by atomic mass is 10.1. The molecule has 94 valence electrons. The van der Waals surface area contributed by atoms with Crippen molar-refractivity contribution in [3.63, 3.8) is 0 Å². The third kappa shape index (κ3) is 2.43. The van der Waals surface area contributed by atoms with Crippen LogP contribution in [0, 0.1) is 5.82 Å². The van der Waals surface area contributed by atoms with Gasteiger partial charge in [0.1, 0.15) is 23.3 Å². The van der Waals surface area contributed by atoms with Crippen molar-refractivity contribution in [2.24, 2.45) is 0 Å². The monoisotopic (exact) mass is 313 g/mol. The van der Waals surface area contributed by atoms with Gasteiger partial charge in [-0.3, -0.25) is 0 Å². The molecule has 2 rings (SSSR count). The third-order valence-electron chi connectivity index (χ3n) is 2.25. The lowest BCUT2D eigenvalue weighted by molar-refractivity contribution is 0.0526. The van der Waals surface area contributed by atoms with E-state index in [2.05, 4.69) is 21.1 Å². The zero-order valence-corrected chi connectivity index (χ0v) is 11.0. The maximum atomic E-state index is 13.0. The van der Waals surface area contributed by atoms with E-state index in [1.165, 1.54) is 24.5 Å². The van der Waals surface area contributed by atoms with Crippen LogP contribution in [0.4, 0.5) is 4.39 Å². The minimum absolute atomic E-state index is 0.212. The van der Waals surface area contributed by atoms with Gasteiger partial charge in [-0.25, -0.2) is 9.18 Å². The quantitative estimate of drug-likeness (QED) is 0.815. The molecule has 0 fully saturated rings. The molecule has 0 amide bonds. The highest BCUT2D eigenvalue weighted by atomic mass is 79.9. The highest BCUT2D eigenvalue weighted by Crippen LogP contribution is 2.30. The Bertz CT molecular complexity index is 582. The van der Waals surface area contributed by atoms with E-state index in [1.54, 1.807) is 6.92 Å². The van der Waals surface area contributed by atoms with E-state index in [0.717, 1.165) is 0 Å². The molecule has 0 atom stereocenters. The highest BCUT2D eigenvalue weighted by Gasteiger charge is 2.20. The number of hydrogen-bond donors (Lipinski definition) is 0. The summed E-state index contributed by atoms with van der Waals surface area (Å²) < 4.78 is 23.2. The van der Waals surface area contributed by atoms with Crippen LogP contribution in [0.15, 0.2) is 33.5 Å². The molecule has 0 bridgehead atoms. The second kappa shape index (κ2) is 5.30. The van der Waals surface area contributed by atoms with Crippen molar-refractivity contribution in [2.45, 2.75) is 6.92 Å². The molecule has 0 aliphatic rings. The summed E-state index contributed by atoms with van der Waals surface area (Å²) in [4.78, 5) is 11.7. The van der Waals surface area contributed by atoms with Crippen molar-refractivity contribution in [3.8, 4) is 11.3 Å². The number of carbonyl (C=O) groups is 1. The summed E-state index contributed by atoms with van der Waals surface area (Å²) in [6.45, 7) is 1.97. The van der Waals surface area contributed by atoms with Crippen LogP contribution in [0.2, 0.25) is 0 Å². The van der Waals surface area contributed by atoms with Crippen LogP contribution in [-0.2, 0) is 4.74 Å². The Kier molecular flexibility index (Phi) is 3.76. The van der Waals surface area contributed by atoms with Gasteiger partial charge in [-0.2, -0.15) is 0 Å². The number of aromatic nitrogens is 1. The van der Waals surface area contributed by atoms with Crippen LogP contribution in [0.5, 0.6) is 0 Å². The summed E-state index contributed by atoms with van der Waals surface area (Å²) in [6.07, 6.45) is 1.21. The van der Waals surface area contributed by atoms with E-state index < -0.39 is 5.97 Å². The topological polar surface area (TPSA) is 52.3 Å². The van der Waals surface area contributed by atoms with E-state index in [1.807, 2.05) is 0 Å². The van der Waals surface area contributed by atoms with E-state index in [-0.39, 0.29) is 18.0 Å². The molecule has 0 unspecified atom stereocenters. The first-order valence-corrected chi connectivity index (χ1v) is 5.99. The number of hydrogen-bond acceptors (Lipinski definition) is 4. The molecule has 1 heterocycles. The van der Waals surface area contributed by atoms with E-state index >= 15 is 0 Å². The Morgan fingerprint density at radius 1 is 1.56 bits per heavy atom. The van der Waals surface area contributed by atoms with Gasteiger partial charge in [0.25, 0.3) is 0 Å². The summed E-state index contributed by atoms with van der Waals surface area (Å²) in [7, 11) is 0. The van der Waals surface area contributed by atoms with Gasteiger partial charge in [-0.15, -0.1) is 0 Å². The number of rotatable bonds is 3. The average Bonchev–Trinajstić information content (AvgIpc) is 2.78. The SMILES string of the molecule is CCOC(=O)c1conc1-c1ccc(F)cc1Br. The summed E-state index contributed by atoms with van der Waals surface area (Å²) in [5, 5.41) is 3.75. The Balaban J connectivity index is 2.45. The molecule has 18 heavy (non-hydrogen) atoms. The molecule has 1 aromatic carbocycles. The highest BCUT2D eigenvalue weighted by molar-refractivity contribution is 9.10. The van der Waals surface area contributed by atoms with Gasteiger partial charge in [0.2, 0.25) is 0 Å². The molecule has 0 saturated carbocycles. The average molecular weight is 314 g/mol. The number of carbonyl (C=O) groups excluding carboxylic acids is 1. The fourth-order valence-corrected chi connectivity index (χ4v) is 2.00. The van der Waals surface area contributed by atoms with Gasteiger partial charge in [0, 0.05) is 10.0 Å². The van der Waals surface area contributed by atoms with Crippen LogP contribution in [-0.4, -0.2) is 17.7 Å². The fourth-order valence-electron chi connectivity index (χ4n) is 1.47. The predicted molar refractivity (Wildman–Crippen MR) is 65.6 cm³/mol. The summed E-state index contributed by atoms with van der Waals surface area (Å²) in [5.74, 6) is -0.906. The first kappa shape index (κ1) is 12.8. The van der Waals surface area contributed by atoms with Crippen molar-refractivity contribution in [3.05, 3.63) is 40.3 Å². The largest absolute Gasteiger partial charge is 0.462 e. The molecule has 0 spiro atoms.